The Hall–Kier alpha value is -3.46. The Balaban J connectivity index is 2.10. The van der Waals surface area contributed by atoms with E-state index >= 15 is 0 Å². The number of nitrogens with one attached hydrogen (secondary N) is 2. The first-order valence-electron chi connectivity index (χ1n) is 9.37. The van der Waals surface area contributed by atoms with Crippen LogP contribution in [0, 0.1) is 0 Å². The molecule has 0 aliphatic carbocycles. The van der Waals surface area contributed by atoms with Gasteiger partial charge in [0.1, 0.15) is 11.5 Å². The molecule has 164 valence electrons. The number of carbonyl (C=O) groups is 3. The number of carboxylic acids is 1. The fourth-order valence-electron chi connectivity index (χ4n) is 2.59. The molecule has 0 spiro atoms. The maximum atomic E-state index is 12.9. The van der Waals surface area contributed by atoms with E-state index in [4.69, 9.17) is 14.6 Å². The number of hydrogen-bond acceptors (Lipinski definition) is 6. The molecule has 0 radical (unpaired) electrons. The number of hydrogen-bond donors (Lipinski definition) is 3. The van der Waals surface area contributed by atoms with Crippen molar-refractivity contribution in [2.24, 2.45) is 0 Å². The second-order valence-electron chi connectivity index (χ2n) is 6.26. The van der Waals surface area contributed by atoms with E-state index in [1.165, 1.54) is 18.9 Å². The van der Waals surface area contributed by atoms with Crippen molar-refractivity contribution in [1.82, 2.24) is 0 Å². The normalized spacial score (nSPS) is 11.6. The molecule has 0 saturated carbocycles. The molecule has 2 rings (SSSR count). The molecule has 0 fully saturated rings. The predicted octanol–water partition coefficient (Wildman–Crippen LogP) is 3.79. The predicted molar refractivity (Wildman–Crippen MR) is 120 cm³/mol. The third kappa shape index (κ3) is 7.38. The molecule has 2 amide bonds. The Morgan fingerprint density at radius 1 is 1.06 bits per heavy atom. The number of carboxylic acid groups (broad SMARTS) is 1. The van der Waals surface area contributed by atoms with Gasteiger partial charge in [0.15, 0.2) is 0 Å². The van der Waals surface area contributed by atoms with Crippen LogP contribution in [0.3, 0.4) is 0 Å². The van der Waals surface area contributed by atoms with Gasteiger partial charge < -0.3 is 25.2 Å². The van der Waals surface area contributed by atoms with Crippen LogP contribution < -0.4 is 20.1 Å². The summed E-state index contributed by atoms with van der Waals surface area (Å²) in [4.78, 5) is 35.9. The summed E-state index contributed by atoms with van der Waals surface area (Å²) in [6.07, 6.45) is 2.27. The van der Waals surface area contributed by atoms with Gasteiger partial charge in [-0.15, -0.1) is 11.8 Å². The number of methoxy groups -OCH3 is 2. The van der Waals surface area contributed by atoms with E-state index in [9.17, 15) is 14.4 Å². The molecule has 1 unspecified atom stereocenters. The van der Waals surface area contributed by atoms with Gasteiger partial charge in [-0.1, -0.05) is 13.0 Å². The fraction of sp³-hybridized carbons (Fsp3) is 0.227. The number of carbonyl (C=O) groups excluding carboxylic acids is 2. The standard InChI is InChI=1S/C22H24N2O6S/c1-4-19(22(28)24-17-13-15(29-2)8-9-18(17)30-3)31-16-7-5-6-14(12-16)23-20(25)10-11-21(26)27/h5-13,19H,4H2,1-3H3,(H,23,25)(H,24,28)(H,26,27)/b11-10+. The smallest absolute Gasteiger partial charge is 0.328 e. The van der Waals surface area contributed by atoms with Crippen molar-refractivity contribution in [3.63, 3.8) is 0 Å². The van der Waals surface area contributed by atoms with E-state index in [1.807, 2.05) is 13.0 Å². The molecule has 2 aromatic carbocycles. The highest BCUT2D eigenvalue weighted by molar-refractivity contribution is 8.00. The van der Waals surface area contributed by atoms with Crippen LogP contribution in [0.15, 0.2) is 59.5 Å². The lowest BCUT2D eigenvalue weighted by atomic mass is 10.2. The summed E-state index contributed by atoms with van der Waals surface area (Å²) in [5, 5.41) is 13.7. The first-order valence-corrected chi connectivity index (χ1v) is 10.3. The van der Waals surface area contributed by atoms with Crippen LogP contribution in [0.25, 0.3) is 0 Å². The van der Waals surface area contributed by atoms with Crippen LogP contribution in [-0.2, 0) is 14.4 Å². The van der Waals surface area contributed by atoms with Gasteiger partial charge in [0.25, 0.3) is 0 Å². The van der Waals surface area contributed by atoms with Gasteiger partial charge in [0.05, 0.1) is 25.2 Å². The molecule has 0 saturated heterocycles. The summed E-state index contributed by atoms with van der Waals surface area (Å²) in [5.74, 6) is -0.841. The van der Waals surface area contributed by atoms with Crippen LogP contribution in [0.4, 0.5) is 11.4 Å². The number of rotatable bonds is 10. The number of anilines is 2. The van der Waals surface area contributed by atoms with Crippen molar-refractivity contribution in [2.45, 2.75) is 23.5 Å². The summed E-state index contributed by atoms with van der Waals surface area (Å²) >= 11 is 1.35. The highest BCUT2D eigenvalue weighted by Gasteiger charge is 2.20. The van der Waals surface area contributed by atoms with E-state index in [1.54, 1.807) is 43.5 Å². The lowest BCUT2D eigenvalue weighted by molar-refractivity contribution is -0.131. The molecule has 2 aromatic rings. The highest BCUT2D eigenvalue weighted by atomic mass is 32.2. The zero-order valence-corrected chi connectivity index (χ0v) is 18.2. The molecule has 31 heavy (non-hydrogen) atoms. The minimum atomic E-state index is -1.20. The lowest BCUT2D eigenvalue weighted by Gasteiger charge is -2.17. The lowest BCUT2D eigenvalue weighted by Crippen LogP contribution is -2.24. The maximum Gasteiger partial charge on any atom is 0.328 e. The highest BCUT2D eigenvalue weighted by Crippen LogP contribution is 2.32. The molecular weight excluding hydrogens is 420 g/mol. The van der Waals surface area contributed by atoms with Gasteiger partial charge in [0.2, 0.25) is 11.8 Å². The van der Waals surface area contributed by atoms with Crippen LogP contribution in [-0.4, -0.2) is 42.4 Å². The molecule has 0 bridgehead atoms. The maximum absolute atomic E-state index is 12.9. The zero-order chi connectivity index (χ0) is 22.8. The van der Waals surface area contributed by atoms with Crippen molar-refractivity contribution in [3.8, 4) is 11.5 Å². The van der Waals surface area contributed by atoms with Crippen molar-refractivity contribution >= 4 is 40.9 Å². The second-order valence-corrected chi connectivity index (χ2v) is 7.54. The summed E-state index contributed by atoms with van der Waals surface area (Å²) < 4.78 is 10.5. The van der Waals surface area contributed by atoms with Gasteiger partial charge in [-0.2, -0.15) is 0 Å². The van der Waals surface area contributed by atoms with Gasteiger partial charge in [0, 0.05) is 28.8 Å². The van der Waals surface area contributed by atoms with Gasteiger partial charge in [-0.25, -0.2) is 4.79 Å². The summed E-state index contributed by atoms with van der Waals surface area (Å²) in [6.45, 7) is 1.91. The molecule has 9 heteroatoms. The Bertz CT molecular complexity index is 976. The number of amides is 2. The Morgan fingerprint density at radius 2 is 1.84 bits per heavy atom. The summed E-state index contributed by atoms with van der Waals surface area (Å²) in [5.41, 5.74) is 1.01. The van der Waals surface area contributed by atoms with E-state index < -0.39 is 17.1 Å². The van der Waals surface area contributed by atoms with Crippen LogP contribution in [0.1, 0.15) is 13.3 Å². The minimum absolute atomic E-state index is 0.196. The second kappa shape index (κ2) is 11.7. The van der Waals surface area contributed by atoms with E-state index in [0.29, 0.717) is 29.3 Å². The first kappa shape index (κ1) is 23.8. The largest absolute Gasteiger partial charge is 0.497 e. The monoisotopic (exact) mass is 444 g/mol. The Morgan fingerprint density at radius 3 is 2.48 bits per heavy atom. The number of benzene rings is 2. The third-order valence-corrected chi connectivity index (χ3v) is 5.44. The Kier molecular flexibility index (Phi) is 8.95. The SMILES string of the molecule is CCC(Sc1cccc(NC(=O)/C=C/C(=O)O)c1)C(=O)Nc1cc(OC)ccc1OC. The fourth-order valence-corrected chi connectivity index (χ4v) is 3.60. The van der Waals surface area contributed by atoms with E-state index in [-0.39, 0.29) is 5.91 Å². The van der Waals surface area contributed by atoms with Crippen LogP contribution in [0.5, 0.6) is 11.5 Å². The van der Waals surface area contributed by atoms with Crippen molar-refractivity contribution in [1.29, 1.82) is 0 Å². The van der Waals surface area contributed by atoms with Crippen LogP contribution >= 0.6 is 11.8 Å². The molecular formula is C22H24N2O6S. The van der Waals surface area contributed by atoms with Gasteiger partial charge in [-0.05, 0) is 36.8 Å². The molecule has 0 aliphatic rings. The number of ether oxygens (including phenoxy) is 2. The summed E-state index contributed by atoms with van der Waals surface area (Å²) in [6, 6.07) is 12.1. The topological polar surface area (TPSA) is 114 Å². The molecule has 8 nitrogen and oxygen atoms in total. The average Bonchev–Trinajstić information content (AvgIpc) is 2.76. The van der Waals surface area contributed by atoms with Crippen LogP contribution in [0.2, 0.25) is 0 Å². The first-order chi connectivity index (χ1) is 14.9. The third-order valence-electron chi connectivity index (χ3n) is 4.08. The van der Waals surface area contributed by atoms with Crippen molar-refractivity contribution in [3.05, 3.63) is 54.6 Å². The molecule has 0 aromatic heterocycles. The van der Waals surface area contributed by atoms with Gasteiger partial charge in [-0.3, -0.25) is 9.59 Å². The quantitative estimate of drug-likeness (QED) is 0.377. The molecule has 1 atom stereocenters. The number of aliphatic carboxylic acids is 1. The summed E-state index contributed by atoms with van der Waals surface area (Å²) in [7, 11) is 3.07. The molecule has 3 N–H and O–H groups in total. The Labute approximate surface area is 184 Å². The van der Waals surface area contributed by atoms with E-state index in [2.05, 4.69) is 10.6 Å². The molecule has 0 aliphatic heterocycles. The van der Waals surface area contributed by atoms with Gasteiger partial charge >= 0.3 is 5.97 Å². The van der Waals surface area contributed by atoms with E-state index in [0.717, 1.165) is 17.0 Å². The molecule has 0 heterocycles. The average molecular weight is 445 g/mol. The van der Waals surface area contributed by atoms with Crippen molar-refractivity contribution < 1.29 is 29.0 Å². The minimum Gasteiger partial charge on any atom is -0.497 e. The zero-order valence-electron chi connectivity index (χ0n) is 17.4. The van der Waals surface area contributed by atoms with Crippen molar-refractivity contribution in [2.75, 3.05) is 24.9 Å². The number of thioether (sulfide) groups is 1.